The largest absolute Gasteiger partial charge is 0.412 e. The van der Waals surface area contributed by atoms with Crippen molar-refractivity contribution in [3.63, 3.8) is 0 Å². The minimum Gasteiger partial charge on any atom is -0.410 e. The van der Waals surface area contributed by atoms with E-state index in [-0.39, 0.29) is 6.09 Å². The number of nitrogens with one attached hydrogen (secondary N) is 1. The van der Waals surface area contributed by atoms with Crippen LogP contribution in [0.15, 0.2) is 24.3 Å². The van der Waals surface area contributed by atoms with Gasteiger partial charge in [-0.05, 0) is 47.9 Å². The van der Waals surface area contributed by atoms with Gasteiger partial charge in [0, 0.05) is 11.6 Å². The van der Waals surface area contributed by atoms with Crippen molar-refractivity contribution < 1.29 is 9.53 Å². The number of halogens is 1. The highest BCUT2D eigenvalue weighted by atomic mass is 35.5. The van der Waals surface area contributed by atoms with Crippen molar-refractivity contribution >= 4 is 17.7 Å². The van der Waals surface area contributed by atoms with Crippen LogP contribution < -0.4 is 10.1 Å². The zero-order chi connectivity index (χ0) is 12.1. The first-order chi connectivity index (χ1) is 8.03. The molecule has 2 saturated carbocycles. The molecule has 4 heteroatoms. The molecular weight excluding hydrogens is 238 g/mol. The Labute approximate surface area is 105 Å². The quantitative estimate of drug-likeness (QED) is 0.896. The van der Waals surface area contributed by atoms with E-state index in [1.54, 1.807) is 24.3 Å². The Balaban J connectivity index is 1.49. The molecule has 0 aliphatic heterocycles. The summed E-state index contributed by atoms with van der Waals surface area (Å²) < 4.78 is 5.14. The minimum atomic E-state index is -0.386. The molecule has 2 fully saturated rings. The van der Waals surface area contributed by atoms with Crippen LogP contribution in [0, 0.1) is 10.8 Å². The maximum Gasteiger partial charge on any atom is 0.412 e. The van der Waals surface area contributed by atoms with Crippen molar-refractivity contribution in [2.24, 2.45) is 10.8 Å². The third kappa shape index (κ3) is 1.89. The highest BCUT2D eigenvalue weighted by Gasteiger charge is 2.79. The third-order valence-corrected chi connectivity index (χ3v) is 4.33. The summed E-state index contributed by atoms with van der Waals surface area (Å²) in [6, 6.07) is 6.75. The van der Waals surface area contributed by atoms with Gasteiger partial charge in [0.15, 0.2) is 0 Å². The van der Waals surface area contributed by atoms with E-state index in [2.05, 4.69) is 12.2 Å². The Kier molecular flexibility index (Phi) is 2.17. The van der Waals surface area contributed by atoms with Crippen LogP contribution >= 0.6 is 11.6 Å². The molecule has 0 atom stereocenters. The van der Waals surface area contributed by atoms with Gasteiger partial charge < -0.3 is 10.1 Å². The van der Waals surface area contributed by atoms with Crippen molar-refractivity contribution in [3.05, 3.63) is 29.3 Å². The van der Waals surface area contributed by atoms with Gasteiger partial charge in [-0.25, -0.2) is 4.79 Å². The number of fused-ring (bicyclic) bond motifs is 1. The zero-order valence-corrected chi connectivity index (χ0v) is 10.4. The van der Waals surface area contributed by atoms with E-state index < -0.39 is 0 Å². The topological polar surface area (TPSA) is 38.3 Å². The molecule has 1 aromatic carbocycles. The highest BCUT2D eigenvalue weighted by Crippen LogP contribution is 2.85. The molecule has 0 saturated heterocycles. The fourth-order valence-electron chi connectivity index (χ4n) is 2.58. The Morgan fingerprint density at radius 1 is 1.41 bits per heavy atom. The number of rotatable bonds is 3. The summed E-state index contributed by atoms with van der Waals surface area (Å²) in [5.74, 6) is 0.513. The predicted molar refractivity (Wildman–Crippen MR) is 65.3 cm³/mol. The van der Waals surface area contributed by atoms with Crippen molar-refractivity contribution in [2.45, 2.75) is 19.8 Å². The van der Waals surface area contributed by atoms with Crippen molar-refractivity contribution in [1.29, 1.82) is 0 Å². The molecule has 0 bridgehead atoms. The van der Waals surface area contributed by atoms with Gasteiger partial charge >= 0.3 is 6.09 Å². The normalized spacial score (nSPS) is 32.6. The average molecular weight is 252 g/mol. The molecule has 17 heavy (non-hydrogen) atoms. The Bertz CT molecular complexity index is 463. The maximum atomic E-state index is 11.5. The molecular formula is C13H14ClNO2. The van der Waals surface area contributed by atoms with Gasteiger partial charge in [-0.1, -0.05) is 18.5 Å². The highest BCUT2D eigenvalue weighted by molar-refractivity contribution is 6.30. The molecule has 1 N–H and O–H groups in total. The van der Waals surface area contributed by atoms with E-state index in [9.17, 15) is 4.79 Å². The summed E-state index contributed by atoms with van der Waals surface area (Å²) >= 11 is 5.74. The van der Waals surface area contributed by atoms with E-state index in [1.165, 1.54) is 12.8 Å². The third-order valence-electron chi connectivity index (χ3n) is 4.08. The summed E-state index contributed by atoms with van der Waals surface area (Å²) in [7, 11) is 0. The van der Waals surface area contributed by atoms with E-state index in [1.807, 2.05) is 0 Å². The van der Waals surface area contributed by atoms with Crippen molar-refractivity contribution in [3.8, 4) is 5.75 Å². The van der Waals surface area contributed by atoms with E-state index in [0.29, 0.717) is 21.6 Å². The first-order valence-corrected chi connectivity index (χ1v) is 6.12. The SMILES string of the molecule is CC12CC1(CNC(=O)Oc1ccc(Cl)cc1)C2. The first kappa shape index (κ1) is 10.9. The maximum absolute atomic E-state index is 11.5. The lowest BCUT2D eigenvalue weighted by Crippen LogP contribution is -2.30. The predicted octanol–water partition coefficient (Wildman–Crippen LogP) is 3.23. The lowest BCUT2D eigenvalue weighted by atomic mass is 10.2. The number of benzene rings is 1. The Hall–Kier alpha value is -1.22. The second-order valence-corrected chi connectivity index (χ2v) is 5.83. The molecule has 1 aromatic rings. The van der Waals surface area contributed by atoms with Crippen LogP contribution in [0.25, 0.3) is 0 Å². The van der Waals surface area contributed by atoms with Crippen LogP contribution in [0.3, 0.4) is 0 Å². The number of carbonyl (C=O) groups is 1. The second-order valence-electron chi connectivity index (χ2n) is 5.39. The van der Waals surface area contributed by atoms with Gasteiger partial charge in [0.2, 0.25) is 0 Å². The van der Waals surface area contributed by atoms with Crippen LogP contribution in [0.1, 0.15) is 19.8 Å². The fourth-order valence-corrected chi connectivity index (χ4v) is 2.71. The molecule has 1 amide bonds. The number of ether oxygens (including phenoxy) is 1. The summed E-state index contributed by atoms with van der Waals surface area (Å²) in [6.07, 6.45) is 2.09. The van der Waals surface area contributed by atoms with E-state index in [0.717, 1.165) is 6.54 Å². The standard InChI is InChI=1S/C13H14ClNO2/c1-12-6-13(12,7-12)8-15-11(16)17-10-4-2-9(14)3-5-10/h2-5H,6-8H2,1H3,(H,15,16). The number of amides is 1. The number of hydrogen-bond donors (Lipinski definition) is 1. The van der Waals surface area contributed by atoms with Gasteiger partial charge in [0.25, 0.3) is 0 Å². The molecule has 0 radical (unpaired) electrons. The van der Waals surface area contributed by atoms with Crippen LogP contribution in [-0.4, -0.2) is 12.6 Å². The van der Waals surface area contributed by atoms with Crippen molar-refractivity contribution in [1.82, 2.24) is 5.32 Å². The summed E-state index contributed by atoms with van der Waals surface area (Å²) in [5, 5.41) is 3.45. The van der Waals surface area contributed by atoms with Gasteiger partial charge in [-0.2, -0.15) is 0 Å². The Morgan fingerprint density at radius 3 is 2.53 bits per heavy atom. The number of hydrogen-bond acceptors (Lipinski definition) is 2. The molecule has 2 aliphatic carbocycles. The minimum absolute atomic E-state index is 0.386. The molecule has 3 nitrogen and oxygen atoms in total. The van der Waals surface area contributed by atoms with Crippen LogP contribution in [0.2, 0.25) is 5.02 Å². The van der Waals surface area contributed by atoms with Crippen molar-refractivity contribution in [2.75, 3.05) is 6.54 Å². The summed E-state index contributed by atoms with van der Waals surface area (Å²) in [4.78, 5) is 11.5. The molecule has 0 spiro atoms. The van der Waals surface area contributed by atoms with Crippen LogP contribution in [0.4, 0.5) is 4.79 Å². The van der Waals surface area contributed by atoms with E-state index >= 15 is 0 Å². The molecule has 0 unspecified atom stereocenters. The number of carbonyl (C=O) groups excluding carboxylic acids is 1. The van der Waals surface area contributed by atoms with Gasteiger partial charge in [0.05, 0.1) is 0 Å². The smallest absolute Gasteiger partial charge is 0.410 e. The second kappa shape index (κ2) is 3.39. The molecule has 2 aliphatic rings. The summed E-state index contributed by atoms with van der Waals surface area (Å²) in [5.41, 5.74) is 0.909. The van der Waals surface area contributed by atoms with Gasteiger partial charge in [-0.15, -0.1) is 0 Å². The molecule has 0 aromatic heterocycles. The first-order valence-electron chi connectivity index (χ1n) is 5.74. The molecule has 3 rings (SSSR count). The molecule has 90 valence electrons. The van der Waals surface area contributed by atoms with Crippen LogP contribution in [-0.2, 0) is 0 Å². The lowest BCUT2D eigenvalue weighted by Gasteiger charge is -2.07. The molecule has 0 heterocycles. The zero-order valence-electron chi connectivity index (χ0n) is 9.63. The monoisotopic (exact) mass is 251 g/mol. The Morgan fingerprint density at radius 2 is 2.00 bits per heavy atom. The fraction of sp³-hybridized carbons (Fsp3) is 0.462. The van der Waals surface area contributed by atoms with E-state index in [4.69, 9.17) is 16.3 Å². The van der Waals surface area contributed by atoms with Gasteiger partial charge in [0.1, 0.15) is 5.75 Å². The van der Waals surface area contributed by atoms with Gasteiger partial charge in [-0.3, -0.25) is 0 Å². The average Bonchev–Trinajstić information content (AvgIpc) is 3.03. The van der Waals surface area contributed by atoms with Crippen LogP contribution in [0.5, 0.6) is 5.75 Å². The lowest BCUT2D eigenvalue weighted by molar-refractivity contribution is 0.199. The summed E-state index contributed by atoms with van der Waals surface area (Å²) in [6.45, 7) is 3.00.